The average molecular weight is 225 g/mol. The van der Waals surface area contributed by atoms with Crippen molar-refractivity contribution in [1.29, 1.82) is 0 Å². The minimum absolute atomic E-state index is 0.347. The van der Waals surface area contributed by atoms with Crippen LogP contribution in [0.1, 0.15) is 10.4 Å². The summed E-state index contributed by atoms with van der Waals surface area (Å²) in [6, 6.07) is 0. The number of aldehydes is 1. The molecule has 1 aromatic rings. The van der Waals surface area contributed by atoms with Gasteiger partial charge < -0.3 is 0 Å². The molecule has 66 valence electrons. The fraction of sp³-hybridized carbons (Fsp3) is 0.167. The van der Waals surface area contributed by atoms with Gasteiger partial charge in [-0.05, 0) is 36.1 Å². The second-order valence-electron chi connectivity index (χ2n) is 2.13. The van der Waals surface area contributed by atoms with E-state index in [2.05, 4.69) is 9.97 Å². The Morgan fingerprint density at radius 1 is 1.58 bits per heavy atom. The van der Waals surface area contributed by atoms with Crippen molar-refractivity contribution in [3.63, 3.8) is 0 Å². The van der Waals surface area contributed by atoms with Gasteiger partial charge in [-0.3, -0.25) is 4.79 Å². The molecule has 0 bridgehead atoms. The number of carbonyl (C=O) groups is 1. The highest BCUT2D eigenvalue weighted by atomic mass is 36.0. The Bertz CT molecular complexity index is 300. The summed E-state index contributed by atoms with van der Waals surface area (Å²) >= 11 is 0. The maximum atomic E-state index is 10.5. The largest absolute Gasteiger partial charge is 0.298 e. The molecule has 1 heterocycles. The first-order chi connectivity index (χ1) is 5.55. The van der Waals surface area contributed by atoms with Crippen LogP contribution >= 0.6 is 29.8 Å². The molecule has 0 N–H and O–H groups in total. The van der Waals surface area contributed by atoms with E-state index in [0.717, 1.165) is 0 Å². The highest BCUT2D eigenvalue weighted by Crippen LogP contribution is 2.61. The van der Waals surface area contributed by atoms with E-state index in [1.807, 2.05) is 0 Å². The van der Waals surface area contributed by atoms with Gasteiger partial charge in [-0.25, -0.2) is 9.97 Å². The van der Waals surface area contributed by atoms with Gasteiger partial charge in [0.05, 0.1) is 5.56 Å². The summed E-state index contributed by atoms with van der Waals surface area (Å²) in [5, 5.41) is 0.413. The summed E-state index contributed by atoms with van der Waals surface area (Å²) in [4.78, 5) is 18.0. The number of aromatic nitrogens is 2. The minimum Gasteiger partial charge on any atom is -0.298 e. The molecule has 6 heteroatoms. The second-order valence-corrected chi connectivity index (χ2v) is 8.14. The summed E-state index contributed by atoms with van der Waals surface area (Å²) in [5.74, 6) is 0. The van der Waals surface area contributed by atoms with Crippen LogP contribution in [0.3, 0.4) is 0 Å². The van der Waals surface area contributed by atoms with Gasteiger partial charge in [0.25, 0.3) is 0 Å². The molecule has 0 saturated carbocycles. The quantitative estimate of drug-likeness (QED) is 0.573. The fourth-order valence-corrected chi connectivity index (χ4v) is 2.23. The first kappa shape index (κ1) is 9.77. The molecule has 0 amide bonds. The highest BCUT2D eigenvalue weighted by Gasteiger charge is 2.19. The van der Waals surface area contributed by atoms with E-state index in [0.29, 0.717) is 16.9 Å². The molecule has 0 atom stereocenters. The number of hydrogen-bond acceptors (Lipinski definition) is 3. The standard InChI is InChI=1S/C6H6Cl2N2OS/c1-12(7,8)6-5(3-11)2-9-4-10-6/h2-4H,1H3. The van der Waals surface area contributed by atoms with E-state index >= 15 is 0 Å². The van der Waals surface area contributed by atoms with Crippen molar-refractivity contribution < 1.29 is 4.79 Å². The smallest absolute Gasteiger partial charge is 0.154 e. The lowest BCUT2D eigenvalue weighted by atomic mass is 10.4. The molecule has 0 radical (unpaired) electrons. The lowest BCUT2D eigenvalue weighted by Crippen LogP contribution is -1.95. The van der Waals surface area contributed by atoms with Gasteiger partial charge >= 0.3 is 0 Å². The third-order valence-corrected chi connectivity index (χ3v) is 3.07. The third kappa shape index (κ3) is 2.09. The molecular weight excluding hydrogens is 219 g/mol. The number of nitrogens with zero attached hydrogens (tertiary/aromatic N) is 2. The highest BCUT2D eigenvalue weighted by molar-refractivity contribution is 8.65. The van der Waals surface area contributed by atoms with E-state index in [-0.39, 0.29) is 0 Å². The molecule has 0 aliphatic rings. The Morgan fingerprint density at radius 3 is 2.67 bits per heavy atom. The van der Waals surface area contributed by atoms with Crippen molar-refractivity contribution in [2.45, 2.75) is 5.03 Å². The zero-order valence-corrected chi connectivity index (χ0v) is 8.53. The number of rotatable bonds is 2. The molecule has 0 spiro atoms. The fourth-order valence-electron chi connectivity index (χ4n) is 0.709. The monoisotopic (exact) mass is 224 g/mol. The lowest BCUT2D eigenvalue weighted by molar-refractivity contribution is 0.111. The van der Waals surface area contributed by atoms with E-state index in [1.165, 1.54) is 12.5 Å². The van der Waals surface area contributed by atoms with E-state index in [1.54, 1.807) is 6.26 Å². The van der Waals surface area contributed by atoms with Crippen molar-refractivity contribution in [2.24, 2.45) is 0 Å². The van der Waals surface area contributed by atoms with Gasteiger partial charge in [0.1, 0.15) is 11.4 Å². The maximum Gasteiger partial charge on any atom is 0.154 e. The van der Waals surface area contributed by atoms with Crippen molar-refractivity contribution in [3.05, 3.63) is 18.1 Å². The number of halogens is 2. The molecule has 1 aromatic heterocycles. The number of carbonyl (C=O) groups excluding carboxylic acids is 1. The van der Waals surface area contributed by atoms with E-state index in [4.69, 9.17) is 21.4 Å². The van der Waals surface area contributed by atoms with Gasteiger partial charge in [0, 0.05) is 6.20 Å². The molecular formula is C6H6Cl2N2OS. The molecule has 1 rings (SSSR count). The summed E-state index contributed by atoms with van der Waals surface area (Å²) in [6.07, 6.45) is 4.99. The first-order valence-electron chi connectivity index (χ1n) is 2.98. The SMILES string of the molecule is CS(Cl)(Cl)c1ncncc1C=O. The predicted octanol–water partition coefficient (Wildman–Crippen LogP) is 2.39. The van der Waals surface area contributed by atoms with Gasteiger partial charge in [-0.15, -0.1) is 0 Å². The maximum absolute atomic E-state index is 10.5. The Hall–Kier alpha value is -0.320. The van der Waals surface area contributed by atoms with Crippen LogP contribution in [0.5, 0.6) is 0 Å². The van der Waals surface area contributed by atoms with Crippen molar-refractivity contribution >= 4 is 36.1 Å². The van der Waals surface area contributed by atoms with Crippen molar-refractivity contribution in [1.82, 2.24) is 9.97 Å². The Balaban J connectivity index is 3.23. The van der Waals surface area contributed by atoms with Crippen LogP contribution in [-0.2, 0) is 0 Å². The summed E-state index contributed by atoms with van der Waals surface area (Å²) in [6.45, 7) is 0. The molecule has 0 aliphatic heterocycles. The van der Waals surface area contributed by atoms with Gasteiger partial charge in [-0.2, -0.15) is 0 Å². The summed E-state index contributed by atoms with van der Waals surface area (Å²) < 4.78 is 0. The van der Waals surface area contributed by atoms with Crippen LogP contribution in [0.15, 0.2) is 17.6 Å². The predicted molar refractivity (Wildman–Crippen MR) is 50.9 cm³/mol. The van der Waals surface area contributed by atoms with Crippen LogP contribution in [-0.4, -0.2) is 22.5 Å². The van der Waals surface area contributed by atoms with Gasteiger partial charge in [0.15, 0.2) is 6.29 Å². The Labute approximate surface area is 80.4 Å². The van der Waals surface area contributed by atoms with E-state index in [9.17, 15) is 4.79 Å². The van der Waals surface area contributed by atoms with Crippen molar-refractivity contribution in [3.8, 4) is 0 Å². The third-order valence-electron chi connectivity index (χ3n) is 1.17. The Kier molecular flexibility index (Phi) is 2.93. The van der Waals surface area contributed by atoms with Gasteiger partial charge in [0.2, 0.25) is 0 Å². The average Bonchev–Trinajstić information content (AvgIpc) is 2.03. The van der Waals surface area contributed by atoms with Crippen LogP contribution in [0.25, 0.3) is 0 Å². The molecule has 0 fully saturated rings. The molecule has 0 aliphatic carbocycles. The molecule has 0 saturated heterocycles. The topological polar surface area (TPSA) is 42.9 Å². The van der Waals surface area contributed by atoms with Crippen LogP contribution in [0.2, 0.25) is 0 Å². The van der Waals surface area contributed by atoms with Crippen LogP contribution < -0.4 is 0 Å². The Morgan fingerprint density at radius 2 is 2.25 bits per heavy atom. The normalized spacial score (nSPS) is 12.6. The molecule has 3 nitrogen and oxygen atoms in total. The second kappa shape index (κ2) is 3.60. The molecule has 12 heavy (non-hydrogen) atoms. The van der Waals surface area contributed by atoms with Crippen LogP contribution in [0.4, 0.5) is 0 Å². The zero-order valence-electron chi connectivity index (χ0n) is 6.20. The summed E-state index contributed by atoms with van der Waals surface area (Å²) in [7, 11) is 9.70. The van der Waals surface area contributed by atoms with Crippen LogP contribution in [0, 0.1) is 0 Å². The first-order valence-corrected chi connectivity index (χ1v) is 6.68. The van der Waals surface area contributed by atoms with Crippen molar-refractivity contribution in [2.75, 3.05) is 6.26 Å². The van der Waals surface area contributed by atoms with Gasteiger partial charge in [-0.1, -0.05) is 0 Å². The minimum atomic E-state index is -1.98. The zero-order chi connectivity index (χ0) is 9.19. The van der Waals surface area contributed by atoms with E-state index < -0.39 is 8.46 Å². The molecule has 0 unspecified atom stereocenters. The summed E-state index contributed by atoms with van der Waals surface area (Å²) in [5.41, 5.74) is 0.347. The molecule has 0 aromatic carbocycles. The lowest BCUT2D eigenvalue weighted by Gasteiger charge is -2.18. The number of hydrogen-bond donors (Lipinski definition) is 0.